The van der Waals surface area contributed by atoms with E-state index < -0.39 is 0 Å². The van der Waals surface area contributed by atoms with Gasteiger partial charge in [0, 0.05) is 54.2 Å². The molecule has 2 heteroatoms. The maximum Gasteiger partial charge on any atom is 0.0795 e. The van der Waals surface area contributed by atoms with Crippen LogP contribution < -0.4 is 0 Å². The Morgan fingerprint density at radius 1 is 0.167 bits per heavy atom. The molecule has 0 amide bonds. The minimum absolute atomic E-state index is 1.23. The monoisotopic (exact) mass is 906 g/mol. The van der Waals surface area contributed by atoms with Crippen LogP contribution in [0.25, 0.3) is 176 Å². The molecule has 16 aromatic rings. The zero-order valence-electron chi connectivity index (χ0n) is 38.8. The Hall–Kier alpha value is -9.50. The van der Waals surface area contributed by atoms with Crippen LogP contribution in [0.1, 0.15) is 0 Å². The smallest absolute Gasteiger partial charge is 0.0795 e. The van der Waals surface area contributed by atoms with Gasteiger partial charge >= 0.3 is 0 Å². The van der Waals surface area contributed by atoms with Gasteiger partial charge in [0.05, 0.1) is 33.1 Å². The minimum Gasteiger partial charge on any atom is -0.306 e. The van der Waals surface area contributed by atoms with Crippen molar-refractivity contribution in [1.82, 2.24) is 8.80 Å². The largest absolute Gasteiger partial charge is 0.306 e. The lowest BCUT2D eigenvalue weighted by Gasteiger charge is -2.24. The lowest BCUT2D eigenvalue weighted by Crippen LogP contribution is -1.98. The van der Waals surface area contributed by atoms with Crippen LogP contribution in [0.5, 0.6) is 0 Å². The molecule has 0 bridgehead atoms. The number of para-hydroxylation sites is 2. The van der Waals surface area contributed by atoms with Gasteiger partial charge in [-0.3, -0.25) is 0 Å². The predicted octanol–water partition coefficient (Wildman–Crippen LogP) is 19.1. The molecule has 12 aromatic carbocycles. The van der Waals surface area contributed by atoms with Crippen molar-refractivity contribution in [2.45, 2.75) is 0 Å². The molecule has 0 aliphatic heterocycles. The number of nitrogens with zero attached hydrogens (tertiary/aromatic N) is 2. The van der Waals surface area contributed by atoms with Crippen molar-refractivity contribution >= 4 is 87.0 Å². The van der Waals surface area contributed by atoms with Crippen molar-refractivity contribution < 1.29 is 0 Å². The van der Waals surface area contributed by atoms with E-state index in [4.69, 9.17) is 0 Å². The molecule has 0 fully saturated rings. The minimum atomic E-state index is 1.23. The maximum absolute atomic E-state index is 2.67. The van der Waals surface area contributed by atoms with E-state index in [2.05, 4.69) is 239 Å². The molecule has 2 nitrogen and oxygen atoms in total. The van der Waals surface area contributed by atoms with Gasteiger partial charge in [-0.1, -0.05) is 218 Å². The maximum atomic E-state index is 2.67. The molecule has 328 valence electrons. The Morgan fingerprint density at radius 3 is 0.750 bits per heavy atom. The van der Waals surface area contributed by atoms with Crippen molar-refractivity contribution in [1.29, 1.82) is 0 Å². The molecule has 4 aromatic heterocycles. The number of fused-ring (bicyclic) bond motifs is 34. The van der Waals surface area contributed by atoms with Crippen LogP contribution in [-0.2, 0) is 0 Å². The van der Waals surface area contributed by atoms with E-state index in [1.54, 1.807) is 0 Å². The first-order chi connectivity index (χ1) is 35.8. The number of benzene rings is 12. The van der Waals surface area contributed by atoms with E-state index in [9.17, 15) is 0 Å². The van der Waals surface area contributed by atoms with E-state index in [1.165, 1.54) is 176 Å². The van der Waals surface area contributed by atoms with Crippen LogP contribution in [0.3, 0.4) is 0 Å². The summed E-state index contributed by atoms with van der Waals surface area (Å²) in [7, 11) is 0. The van der Waals surface area contributed by atoms with Gasteiger partial charge < -0.3 is 8.80 Å². The van der Waals surface area contributed by atoms with Crippen molar-refractivity contribution in [3.63, 3.8) is 0 Å². The topological polar surface area (TPSA) is 8.82 Å². The second-order valence-corrected chi connectivity index (χ2v) is 20.1. The van der Waals surface area contributed by atoms with Gasteiger partial charge in [0.1, 0.15) is 0 Å². The van der Waals surface area contributed by atoms with E-state index >= 15 is 0 Å². The molecule has 0 saturated heterocycles. The van der Waals surface area contributed by atoms with Crippen LogP contribution in [-0.4, -0.2) is 8.80 Å². The van der Waals surface area contributed by atoms with Gasteiger partial charge in [0.15, 0.2) is 0 Å². The van der Waals surface area contributed by atoms with Crippen LogP contribution in [0.2, 0.25) is 0 Å². The van der Waals surface area contributed by atoms with Gasteiger partial charge in [-0.15, -0.1) is 0 Å². The lowest BCUT2D eigenvalue weighted by molar-refractivity contribution is 1.33. The molecule has 0 atom stereocenters. The van der Waals surface area contributed by atoms with Crippen LogP contribution in [0.15, 0.2) is 231 Å². The Labute approximate surface area is 413 Å². The average molecular weight is 907 g/mol. The van der Waals surface area contributed by atoms with E-state index in [1.807, 2.05) is 0 Å². The van der Waals surface area contributed by atoms with Gasteiger partial charge in [0.25, 0.3) is 0 Å². The summed E-state index contributed by atoms with van der Waals surface area (Å²) >= 11 is 0. The first-order valence-electron chi connectivity index (χ1n) is 25.2. The van der Waals surface area contributed by atoms with Crippen molar-refractivity contribution in [3.8, 4) is 89.0 Å². The van der Waals surface area contributed by atoms with E-state index in [-0.39, 0.29) is 0 Å². The first kappa shape index (κ1) is 37.4. The highest BCUT2D eigenvalue weighted by atomic mass is 15.0. The summed E-state index contributed by atoms with van der Waals surface area (Å²) < 4.78 is 5.34. The quantitative estimate of drug-likeness (QED) is 0.143. The van der Waals surface area contributed by atoms with Gasteiger partial charge in [0.2, 0.25) is 0 Å². The number of rotatable bonds is 0. The fraction of sp³-hybridized carbons (Fsp3) is 0. The highest BCUT2D eigenvalue weighted by molar-refractivity contribution is 6.42. The molecule has 2 aliphatic rings. The second kappa shape index (κ2) is 13.2. The highest BCUT2D eigenvalue weighted by Gasteiger charge is 2.32. The molecule has 72 heavy (non-hydrogen) atoms. The standard InChI is InChI=1S/C70H38N2/c1-3-19-41-39(17-1)43-21-5-7-25-47(43)53-35-37-59-65(61(53)49-27-11-9-23-45(41)49)57-33-15-31-55-63-51-29-13-14-30-52(51)64-56-32-16-34-58-66-60(72(68(56)58)70(64)69(63)71(59)67(55)57)38-36-54-48-26-8-6-22-44(48)40-18-2-4-20-42(40)46-24-10-12-28-50(46)62(54)66/h1-38H. The third-order valence-corrected chi connectivity index (χ3v) is 16.9. The van der Waals surface area contributed by atoms with E-state index in [0.29, 0.717) is 0 Å². The number of hydrogen-bond acceptors (Lipinski definition) is 0. The molecule has 2 aliphatic carbocycles. The zero-order valence-corrected chi connectivity index (χ0v) is 38.8. The zero-order chi connectivity index (χ0) is 46.5. The molecule has 0 N–H and O–H groups in total. The predicted molar refractivity (Wildman–Crippen MR) is 304 cm³/mol. The lowest BCUT2D eigenvalue weighted by atomic mass is 9.79. The summed E-state index contributed by atoms with van der Waals surface area (Å²) in [6.45, 7) is 0. The first-order valence-corrected chi connectivity index (χ1v) is 25.2. The molecule has 0 spiro atoms. The number of aromatic nitrogens is 2. The molecule has 0 radical (unpaired) electrons. The molecular formula is C70H38N2. The van der Waals surface area contributed by atoms with Crippen LogP contribution >= 0.6 is 0 Å². The Bertz CT molecular complexity index is 4760. The summed E-state index contributed by atoms with van der Waals surface area (Å²) in [5.74, 6) is 0. The van der Waals surface area contributed by atoms with Crippen molar-refractivity contribution in [3.05, 3.63) is 231 Å². The van der Waals surface area contributed by atoms with Gasteiger partial charge in [-0.25, -0.2) is 0 Å². The Kier molecular flexibility index (Phi) is 6.87. The van der Waals surface area contributed by atoms with Crippen molar-refractivity contribution in [2.75, 3.05) is 0 Å². The Morgan fingerprint density at radius 2 is 0.417 bits per heavy atom. The third-order valence-electron chi connectivity index (χ3n) is 16.9. The normalized spacial score (nSPS) is 12.7. The summed E-state index contributed by atoms with van der Waals surface area (Å²) in [6, 6.07) is 87.2. The molecule has 18 rings (SSSR count). The number of hydrogen-bond donors (Lipinski definition) is 0. The summed E-state index contributed by atoms with van der Waals surface area (Å²) in [5.41, 5.74) is 27.8. The van der Waals surface area contributed by atoms with E-state index in [0.717, 1.165) is 0 Å². The summed E-state index contributed by atoms with van der Waals surface area (Å²) in [5, 5.41) is 12.9. The third kappa shape index (κ3) is 4.37. The summed E-state index contributed by atoms with van der Waals surface area (Å²) in [4.78, 5) is 0. The average Bonchev–Trinajstić information content (AvgIpc) is 4.19. The van der Waals surface area contributed by atoms with Gasteiger partial charge in [-0.05, 0) is 101 Å². The van der Waals surface area contributed by atoms with Crippen LogP contribution in [0.4, 0.5) is 0 Å². The molecule has 0 unspecified atom stereocenters. The highest BCUT2D eigenvalue weighted by Crippen LogP contribution is 2.57. The fourth-order valence-corrected chi connectivity index (χ4v) is 14.3. The molecular weight excluding hydrogens is 869 g/mol. The second-order valence-electron chi connectivity index (χ2n) is 20.1. The van der Waals surface area contributed by atoms with Crippen LogP contribution in [0, 0.1) is 0 Å². The van der Waals surface area contributed by atoms with Crippen molar-refractivity contribution in [2.24, 2.45) is 0 Å². The SMILES string of the molecule is c1ccc2c(c1)-c1ccccc1-c1ccc3c(c1-c1ccccc1-2)c1cccc2c4c5ccccc5c5c6cccc7c8c9c(ccc8n(c76)c5c4n3c12)-c1ccccc1-c1ccccc1-c1ccccc1-9. The Balaban J connectivity index is 1.06. The molecule has 0 saturated carbocycles. The molecule has 4 heterocycles. The van der Waals surface area contributed by atoms with Gasteiger partial charge in [-0.2, -0.15) is 0 Å². The fourth-order valence-electron chi connectivity index (χ4n) is 14.3. The summed E-state index contributed by atoms with van der Waals surface area (Å²) in [6.07, 6.45) is 0.